The van der Waals surface area contributed by atoms with E-state index in [9.17, 15) is 0 Å². The summed E-state index contributed by atoms with van der Waals surface area (Å²) < 4.78 is 0. The molecule has 0 bridgehead atoms. The molecule has 0 radical (unpaired) electrons. The summed E-state index contributed by atoms with van der Waals surface area (Å²) in [5, 5.41) is 12.3. The molecule has 1 unspecified atom stereocenters. The zero-order valence-corrected chi connectivity index (χ0v) is 11.0. The van der Waals surface area contributed by atoms with E-state index in [0.29, 0.717) is 6.54 Å². The Labute approximate surface area is 104 Å². The molecule has 2 N–H and O–H groups in total. The lowest BCUT2D eigenvalue weighted by Gasteiger charge is -2.19. The van der Waals surface area contributed by atoms with Crippen LogP contribution in [0.5, 0.6) is 0 Å². The van der Waals surface area contributed by atoms with Gasteiger partial charge in [-0.25, -0.2) is 0 Å². The van der Waals surface area contributed by atoms with Crippen LogP contribution in [0.25, 0.3) is 0 Å². The van der Waals surface area contributed by atoms with E-state index in [0.717, 1.165) is 24.3 Å². The van der Waals surface area contributed by atoms with Gasteiger partial charge in [-0.1, -0.05) is 6.92 Å². The molecule has 4 heteroatoms. The van der Waals surface area contributed by atoms with Crippen LogP contribution >= 0.6 is 0 Å². The number of aromatic nitrogens is 1. The molecule has 0 amide bonds. The summed E-state index contributed by atoms with van der Waals surface area (Å²) in [5.41, 5.74) is 2.09. The maximum Gasteiger partial charge on any atom is 0.0606 e. The molecule has 0 aromatic carbocycles. The van der Waals surface area contributed by atoms with E-state index in [4.69, 9.17) is 5.11 Å². The lowest BCUT2D eigenvalue weighted by Crippen LogP contribution is -2.22. The summed E-state index contributed by atoms with van der Waals surface area (Å²) in [4.78, 5) is 6.44. The molecule has 1 aromatic heterocycles. The van der Waals surface area contributed by atoms with Crippen LogP contribution in [0.1, 0.15) is 32.0 Å². The molecule has 1 aromatic rings. The van der Waals surface area contributed by atoms with Crippen LogP contribution in [-0.4, -0.2) is 36.8 Å². The highest BCUT2D eigenvalue weighted by Crippen LogP contribution is 2.15. The van der Waals surface area contributed by atoms with Gasteiger partial charge in [-0.05, 0) is 32.0 Å². The Hall–Kier alpha value is -1.13. The number of aliphatic hydroxyl groups excluding tert-OH is 1. The molecule has 17 heavy (non-hydrogen) atoms. The molecule has 0 saturated carbocycles. The number of likely N-dealkylation sites (N-methyl/N-ethyl adjacent to an activating group) is 1. The second kappa shape index (κ2) is 7.25. The van der Waals surface area contributed by atoms with E-state index in [2.05, 4.69) is 24.1 Å². The van der Waals surface area contributed by atoms with Crippen molar-refractivity contribution in [2.45, 2.75) is 26.3 Å². The molecule has 1 rings (SSSR count). The number of nitrogens with one attached hydrogen (secondary N) is 1. The van der Waals surface area contributed by atoms with Crippen molar-refractivity contribution in [1.82, 2.24) is 10.3 Å². The highest BCUT2D eigenvalue weighted by molar-refractivity contribution is 5.43. The minimum absolute atomic E-state index is 0.159. The van der Waals surface area contributed by atoms with Gasteiger partial charge in [0.2, 0.25) is 0 Å². The van der Waals surface area contributed by atoms with Crippen LogP contribution in [0.4, 0.5) is 5.69 Å². The molecule has 1 atom stereocenters. The molecule has 0 aliphatic rings. The standard InChI is InChI=1S/C13H23N3O/c1-4-7-14-11(2)13-6-5-12(10-15-13)16(3)8-9-17/h5-6,10-11,14,17H,4,7-9H2,1-3H3. The minimum atomic E-state index is 0.159. The molecule has 96 valence electrons. The maximum atomic E-state index is 8.87. The third-order valence-electron chi connectivity index (χ3n) is 2.79. The second-order valence-corrected chi connectivity index (χ2v) is 4.26. The Morgan fingerprint density at radius 1 is 1.47 bits per heavy atom. The number of rotatable bonds is 7. The average molecular weight is 237 g/mol. The first-order chi connectivity index (χ1) is 8.19. The highest BCUT2D eigenvalue weighted by Gasteiger charge is 2.06. The number of hydrogen-bond acceptors (Lipinski definition) is 4. The van der Waals surface area contributed by atoms with Crippen LogP contribution in [0.15, 0.2) is 18.3 Å². The van der Waals surface area contributed by atoms with E-state index in [1.165, 1.54) is 0 Å². The van der Waals surface area contributed by atoms with Crippen molar-refractivity contribution in [2.24, 2.45) is 0 Å². The van der Waals surface area contributed by atoms with Crippen molar-refractivity contribution in [3.8, 4) is 0 Å². The fourth-order valence-corrected chi connectivity index (χ4v) is 1.62. The van der Waals surface area contributed by atoms with Gasteiger partial charge in [-0.15, -0.1) is 0 Å². The largest absolute Gasteiger partial charge is 0.395 e. The van der Waals surface area contributed by atoms with Crippen molar-refractivity contribution in [1.29, 1.82) is 0 Å². The van der Waals surface area contributed by atoms with E-state index >= 15 is 0 Å². The first-order valence-electron chi connectivity index (χ1n) is 6.20. The lowest BCUT2D eigenvalue weighted by molar-refractivity contribution is 0.304. The molecule has 0 spiro atoms. The topological polar surface area (TPSA) is 48.4 Å². The van der Waals surface area contributed by atoms with Crippen molar-refractivity contribution in [2.75, 3.05) is 31.6 Å². The number of anilines is 1. The first-order valence-corrected chi connectivity index (χ1v) is 6.20. The molecule has 1 heterocycles. The monoisotopic (exact) mass is 237 g/mol. The van der Waals surface area contributed by atoms with Gasteiger partial charge in [0.05, 0.1) is 24.2 Å². The van der Waals surface area contributed by atoms with Crippen molar-refractivity contribution in [3.05, 3.63) is 24.0 Å². The molecule has 0 aliphatic carbocycles. The second-order valence-electron chi connectivity index (χ2n) is 4.26. The quantitative estimate of drug-likeness (QED) is 0.756. The molecule has 0 fully saturated rings. The van der Waals surface area contributed by atoms with Gasteiger partial charge in [0.1, 0.15) is 0 Å². The van der Waals surface area contributed by atoms with Crippen LogP contribution < -0.4 is 10.2 Å². The van der Waals surface area contributed by atoms with Crippen LogP contribution in [0, 0.1) is 0 Å². The van der Waals surface area contributed by atoms with Crippen molar-refractivity contribution >= 4 is 5.69 Å². The summed E-state index contributed by atoms with van der Waals surface area (Å²) in [6.07, 6.45) is 2.98. The van der Waals surface area contributed by atoms with Gasteiger partial charge in [0.25, 0.3) is 0 Å². The number of nitrogens with zero attached hydrogens (tertiary/aromatic N) is 2. The van der Waals surface area contributed by atoms with E-state index in [1.807, 2.05) is 30.3 Å². The summed E-state index contributed by atoms with van der Waals surface area (Å²) in [5.74, 6) is 0. The zero-order valence-electron chi connectivity index (χ0n) is 11.0. The Kier molecular flexibility index (Phi) is 5.94. The van der Waals surface area contributed by atoms with Gasteiger partial charge in [-0.3, -0.25) is 4.98 Å². The SMILES string of the molecule is CCCNC(C)c1ccc(N(C)CCO)cn1. The van der Waals surface area contributed by atoms with Gasteiger partial charge >= 0.3 is 0 Å². The fraction of sp³-hybridized carbons (Fsp3) is 0.615. The minimum Gasteiger partial charge on any atom is -0.395 e. The number of pyridine rings is 1. The predicted octanol–water partition coefficient (Wildman–Crippen LogP) is 1.57. The Balaban J connectivity index is 2.60. The van der Waals surface area contributed by atoms with Crippen molar-refractivity contribution in [3.63, 3.8) is 0 Å². The fourth-order valence-electron chi connectivity index (χ4n) is 1.62. The highest BCUT2D eigenvalue weighted by atomic mass is 16.3. The van der Waals surface area contributed by atoms with Crippen LogP contribution in [-0.2, 0) is 0 Å². The summed E-state index contributed by atoms with van der Waals surface area (Å²) in [7, 11) is 1.95. The zero-order chi connectivity index (χ0) is 12.7. The molecule has 0 aliphatic heterocycles. The van der Waals surface area contributed by atoms with Gasteiger partial charge in [0.15, 0.2) is 0 Å². The van der Waals surface area contributed by atoms with Crippen LogP contribution in [0.2, 0.25) is 0 Å². The van der Waals surface area contributed by atoms with Crippen LogP contribution in [0.3, 0.4) is 0 Å². The summed E-state index contributed by atoms with van der Waals surface area (Å²) >= 11 is 0. The Morgan fingerprint density at radius 2 is 2.24 bits per heavy atom. The third kappa shape index (κ3) is 4.32. The van der Waals surface area contributed by atoms with Crippen molar-refractivity contribution < 1.29 is 5.11 Å². The Bertz CT molecular complexity index is 313. The molecular weight excluding hydrogens is 214 g/mol. The average Bonchev–Trinajstić information content (AvgIpc) is 2.36. The molecule has 4 nitrogen and oxygen atoms in total. The summed E-state index contributed by atoms with van der Waals surface area (Å²) in [6.45, 7) is 6.07. The van der Waals surface area contributed by atoms with Gasteiger partial charge in [-0.2, -0.15) is 0 Å². The maximum absolute atomic E-state index is 8.87. The van der Waals surface area contributed by atoms with E-state index < -0.39 is 0 Å². The molecular formula is C13H23N3O. The van der Waals surface area contributed by atoms with Gasteiger partial charge in [0, 0.05) is 19.6 Å². The van der Waals surface area contributed by atoms with Gasteiger partial charge < -0.3 is 15.3 Å². The molecule has 0 saturated heterocycles. The smallest absolute Gasteiger partial charge is 0.0606 e. The normalized spacial score (nSPS) is 12.5. The summed E-state index contributed by atoms with van der Waals surface area (Å²) in [6, 6.07) is 4.37. The Morgan fingerprint density at radius 3 is 2.76 bits per heavy atom. The lowest BCUT2D eigenvalue weighted by atomic mass is 10.2. The third-order valence-corrected chi connectivity index (χ3v) is 2.79. The number of aliphatic hydroxyl groups is 1. The van der Waals surface area contributed by atoms with E-state index in [1.54, 1.807) is 0 Å². The van der Waals surface area contributed by atoms with E-state index in [-0.39, 0.29) is 12.6 Å². The predicted molar refractivity (Wildman–Crippen MR) is 71.3 cm³/mol. The first kappa shape index (κ1) is 13.9. The number of hydrogen-bond donors (Lipinski definition) is 2.